The third-order valence-electron chi connectivity index (χ3n) is 12.4. The van der Waals surface area contributed by atoms with Crippen LogP contribution >= 0.6 is 24.8 Å². The van der Waals surface area contributed by atoms with Crippen molar-refractivity contribution in [2.24, 2.45) is 0 Å². The first-order valence-electron chi connectivity index (χ1n) is 19.2. The fourth-order valence-corrected chi connectivity index (χ4v) is 68.8. The van der Waals surface area contributed by atoms with Gasteiger partial charge in [-0.25, -0.2) is 0 Å². The van der Waals surface area contributed by atoms with Crippen LogP contribution in [0.1, 0.15) is 109 Å². The van der Waals surface area contributed by atoms with Gasteiger partial charge in [-0.1, -0.05) is 0 Å². The van der Waals surface area contributed by atoms with Gasteiger partial charge in [-0.2, -0.15) is 0 Å². The summed E-state index contributed by atoms with van der Waals surface area (Å²) in [4.78, 5) is 0. The summed E-state index contributed by atoms with van der Waals surface area (Å²) in [6.07, 6.45) is 10.0. The van der Waals surface area contributed by atoms with Crippen molar-refractivity contribution in [3.63, 3.8) is 0 Å². The van der Waals surface area contributed by atoms with E-state index in [-0.39, 0.29) is 35.8 Å². The molecule has 0 nitrogen and oxygen atoms in total. The van der Waals surface area contributed by atoms with Crippen LogP contribution in [-0.2, 0) is 40.1 Å². The van der Waals surface area contributed by atoms with Crippen molar-refractivity contribution >= 4 is 60.1 Å². The molecule has 4 aromatic carbocycles. The first-order chi connectivity index (χ1) is 24.8. The molecule has 0 saturated heterocycles. The van der Waals surface area contributed by atoms with Gasteiger partial charge in [-0.3, -0.25) is 0 Å². The molecule has 0 radical (unpaired) electrons. The summed E-state index contributed by atoms with van der Waals surface area (Å²) < 4.78 is 3.11. The number of halogens is 2. The van der Waals surface area contributed by atoms with Crippen molar-refractivity contribution in [3.8, 4) is 0 Å². The Bertz CT molecular complexity index is 2030. The van der Waals surface area contributed by atoms with E-state index >= 15 is 0 Å². The van der Waals surface area contributed by atoms with Crippen molar-refractivity contribution in [2.75, 3.05) is 0 Å². The minimum absolute atomic E-state index is 0. The molecule has 54 heavy (non-hydrogen) atoms. The first kappa shape index (κ1) is 43.7. The maximum Gasteiger partial charge on any atom is -0.147 e. The second-order valence-electron chi connectivity index (χ2n) is 16.5. The van der Waals surface area contributed by atoms with Gasteiger partial charge in [0.05, 0.1) is 0 Å². The van der Waals surface area contributed by atoms with Crippen LogP contribution < -0.4 is 0 Å². The van der Waals surface area contributed by atoms with Crippen molar-refractivity contribution in [2.45, 2.75) is 96.3 Å². The molecule has 6 heteroatoms. The summed E-state index contributed by atoms with van der Waals surface area (Å²) in [7, 11) is 0. The van der Waals surface area contributed by atoms with Crippen molar-refractivity contribution < 1.29 is 40.1 Å². The van der Waals surface area contributed by atoms with E-state index in [0.29, 0.717) is 0 Å². The molecule has 0 bridgehead atoms. The maximum atomic E-state index is 2.61. The summed E-state index contributed by atoms with van der Waals surface area (Å²) in [6.45, 7) is 29.2. The molecule has 0 N–H and O–H groups in total. The topological polar surface area (TPSA) is 0 Å². The molecule has 4 aromatic rings. The molecule has 0 heterocycles. The second-order valence-corrected chi connectivity index (χ2v) is 66.4. The molecule has 4 aliphatic carbocycles. The molecule has 0 saturated carbocycles. The summed E-state index contributed by atoms with van der Waals surface area (Å²) in [6, 6.07) is 28.0. The molecule has 4 aliphatic rings. The molecule has 0 fully saturated rings. The molecule has 0 amide bonds. The third kappa shape index (κ3) is 7.76. The van der Waals surface area contributed by atoms with Gasteiger partial charge in [0.25, 0.3) is 0 Å². The third-order valence-corrected chi connectivity index (χ3v) is 69.0. The van der Waals surface area contributed by atoms with Gasteiger partial charge < -0.3 is 0 Å². The summed E-state index contributed by atoms with van der Waals surface area (Å²) in [5.74, 6) is 0. The van der Waals surface area contributed by atoms with E-state index in [1.54, 1.807) is 44.5 Å². The Labute approximate surface area is 354 Å². The van der Waals surface area contributed by atoms with Crippen LogP contribution in [-0.4, -0.2) is 11.0 Å². The fourth-order valence-electron chi connectivity index (χ4n) is 9.97. The van der Waals surface area contributed by atoms with Crippen LogP contribution in [0.4, 0.5) is 0 Å². The van der Waals surface area contributed by atoms with Gasteiger partial charge >= 0.3 is 334 Å². The van der Waals surface area contributed by atoms with Gasteiger partial charge in [-0.15, -0.1) is 24.8 Å². The Morgan fingerprint density at radius 3 is 0.741 bits per heavy atom. The smallest absolute Gasteiger partial charge is 0.147 e. The molecular formula is C48H58Cl2Hf2Si2. The zero-order valence-corrected chi connectivity index (χ0v) is 45.2. The van der Waals surface area contributed by atoms with Crippen LogP contribution in [0, 0.1) is 27.7 Å². The Morgan fingerprint density at radius 1 is 0.352 bits per heavy atom. The van der Waals surface area contributed by atoms with E-state index in [1.807, 2.05) is 0 Å². The largest absolute Gasteiger partial charge is 0.147 e. The average molecular weight is 1120 g/mol. The van der Waals surface area contributed by atoms with Crippen LogP contribution in [0.3, 0.4) is 0 Å². The molecular weight excluding hydrogens is 1060 g/mol. The minimum atomic E-state index is -2.02. The minimum Gasteiger partial charge on any atom is -0.147 e. The quantitative estimate of drug-likeness (QED) is 0.179. The van der Waals surface area contributed by atoms with Crippen LogP contribution in [0.25, 0.3) is 24.3 Å². The van der Waals surface area contributed by atoms with E-state index in [4.69, 9.17) is 0 Å². The second kappa shape index (κ2) is 17.6. The van der Waals surface area contributed by atoms with E-state index < -0.39 is 40.1 Å². The zero-order chi connectivity index (χ0) is 37.2. The number of rotatable bonds is 4. The van der Waals surface area contributed by atoms with Gasteiger partial charge in [0.2, 0.25) is 0 Å². The van der Waals surface area contributed by atoms with Crippen LogP contribution in [0.5, 0.6) is 0 Å². The van der Waals surface area contributed by atoms with Crippen LogP contribution in [0.15, 0.2) is 95.1 Å². The van der Waals surface area contributed by atoms with Gasteiger partial charge in [0, 0.05) is 0 Å². The summed E-state index contributed by atoms with van der Waals surface area (Å²) in [5.41, 5.74) is 24.6. The summed E-state index contributed by atoms with van der Waals surface area (Å²) >= 11 is -4.04. The van der Waals surface area contributed by atoms with E-state index in [1.165, 1.54) is 44.5 Å². The van der Waals surface area contributed by atoms with Crippen molar-refractivity contribution in [1.29, 1.82) is 0 Å². The molecule has 0 aliphatic heterocycles. The molecule has 4 unspecified atom stereocenters. The molecule has 0 aromatic heterocycles. The number of aryl methyl sites for hydroxylation is 4. The Balaban J connectivity index is 0.000000200. The average Bonchev–Trinajstić information content (AvgIpc) is 3.81. The van der Waals surface area contributed by atoms with Gasteiger partial charge in [-0.05, 0) is 0 Å². The predicted molar refractivity (Wildman–Crippen MR) is 240 cm³/mol. The first-order valence-corrected chi connectivity index (χ1v) is 43.3. The summed E-state index contributed by atoms with van der Waals surface area (Å²) in [5, 5.41) is 0. The van der Waals surface area contributed by atoms with Crippen molar-refractivity contribution in [3.05, 3.63) is 162 Å². The molecule has 280 valence electrons. The Morgan fingerprint density at radius 2 is 0.556 bits per heavy atom. The Kier molecular flexibility index (Phi) is 14.3. The number of benzene rings is 4. The van der Waals surface area contributed by atoms with Gasteiger partial charge in [0.1, 0.15) is 0 Å². The van der Waals surface area contributed by atoms with E-state index in [2.05, 4.69) is 179 Å². The Hall–Kier alpha value is -1.41. The molecule has 4 atom stereocenters. The molecule has 8 rings (SSSR count). The van der Waals surface area contributed by atoms with Gasteiger partial charge in [0.15, 0.2) is 0 Å². The molecule has 0 spiro atoms. The number of allylic oxidation sites excluding steroid dienone is 4. The fraction of sp³-hybridized carbons (Fsp3) is 0.333. The number of fused-ring (bicyclic) bond motifs is 4. The maximum absolute atomic E-state index is 2.61. The normalized spacial score (nSPS) is 19.6. The SMILES string of the molecule is CC1=Cc2c(C)cccc2[CH]1[Hf]([CH]1C(C)=Cc2c(C)cccc21)=[Si](C)C.CC1=Cc2c(C)cccc2[CH]1[Hf]([CH]1C(C)=Cc2c(C)cccc21)=[Si](C)C.Cl.Cl. The van der Waals surface area contributed by atoms with E-state index in [0.717, 1.165) is 14.7 Å². The monoisotopic (exact) mass is 1120 g/mol. The zero-order valence-electron chi connectivity index (χ0n) is 34.4. The van der Waals surface area contributed by atoms with Crippen molar-refractivity contribution in [1.82, 2.24) is 0 Å². The predicted octanol–water partition coefficient (Wildman–Crippen LogP) is 14.4. The van der Waals surface area contributed by atoms with Crippen LogP contribution in [0.2, 0.25) is 26.2 Å². The number of hydrogen-bond donors (Lipinski definition) is 0. The standard InChI is InChI=1S/4C11H11.2C2H6Si.2ClH.2Hf/c4*1-8-6-10-5-3-4-9(2)11(10)7-8;2*1-3-2;;;;/h4*3-7H,1-2H3;2*1-2H3;2*1H;;. The number of hydrogen-bond acceptors (Lipinski definition) is 0. The van der Waals surface area contributed by atoms with E-state index in [9.17, 15) is 0 Å².